The number of aromatic nitrogens is 3. The molecule has 262 valence electrons. The van der Waals surface area contributed by atoms with Crippen molar-refractivity contribution in [2.45, 2.75) is 0 Å². The fourth-order valence-electron chi connectivity index (χ4n) is 7.86. The number of para-hydroxylation sites is 1. The third kappa shape index (κ3) is 5.53. The molecule has 0 atom stereocenters. The molecule has 0 aliphatic rings. The minimum absolute atomic E-state index is 0.586. The van der Waals surface area contributed by atoms with Gasteiger partial charge in [0.2, 0.25) is 0 Å². The van der Waals surface area contributed by atoms with E-state index in [1.165, 1.54) is 0 Å². The van der Waals surface area contributed by atoms with Crippen molar-refractivity contribution in [2.75, 3.05) is 0 Å². The molecule has 3 heterocycles. The molecule has 0 aliphatic carbocycles. The normalized spacial score (nSPS) is 11.6. The van der Waals surface area contributed by atoms with Crippen molar-refractivity contribution in [3.8, 4) is 67.5 Å². The van der Waals surface area contributed by atoms with Gasteiger partial charge in [0, 0.05) is 32.8 Å². The van der Waals surface area contributed by atoms with Crippen molar-refractivity contribution in [1.29, 1.82) is 0 Å². The van der Waals surface area contributed by atoms with Crippen LogP contribution in [-0.4, -0.2) is 15.0 Å². The standard InChI is InChI=1S/C51H31N3O2/c1-3-11-32(12-4-1)40-16-9-18-42-41(40)17-10-19-45(42)51-53-49(33-13-5-2-6-14-33)52-50(54-51)39-29-37(34-22-24-46-36(27-34)25-26-55-46)28-38(30-39)35-21-23-44-43-15-7-8-20-47(43)56-48(44)31-35/h1-31H. The van der Waals surface area contributed by atoms with E-state index >= 15 is 0 Å². The first-order valence-corrected chi connectivity index (χ1v) is 18.7. The number of nitrogens with zero attached hydrogens (tertiary/aromatic N) is 3. The molecule has 0 unspecified atom stereocenters. The van der Waals surface area contributed by atoms with Gasteiger partial charge in [-0.1, -0.05) is 127 Å². The van der Waals surface area contributed by atoms with Gasteiger partial charge in [0.1, 0.15) is 16.7 Å². The first-order chi connectivity index (χ1) is 27.7. The van der Waals surface area contributed by atoms with Gasteiger partial charge in [-0.2, -0.15) is 0 Å². The maximum absolute atomic E-state index is 6.34. The lowest BCUT2D eigenvalue weighted by molar-refractivity contribution is 0.616. The van der Waals surface area contributed by atoms with E-state index in [0.717, 1.165) is 93.8 Å². The van der Waals surface area contributed by atoms with Crippen molar-refractivity contribution in [3.63, 3.8) is 0 Å². The molecule has 8 aromatic carbocycles. The summed E-state index contributed by atoms with van der Waals surface area (Å²) in [5.74, 6) is 1.81. The lowest BCUT2D eigenvalue weighted by atomic mass is 9.94. The molecular weight excluding hydrogens is 687 g/mol. The Kier molecular flexibility index (Phi) is 7.42. The molecule has 0 saturated carbocycles. The van der Waals surface area contributed by atoms with Crippen molar-refractivity contribution in [3.05, 3.63) is 188 Å². The molecule has 5 heteroatoms. The second-order valence-electron chi connectivity index (χ2n) is 14.0. The van der Waals surface area contributed by atoms with Gasteiger partial charge in [0.15, 0.2) is 17.5 Å². The zero-order chi connectivity index (χ0) is 37.0. The maximum atomic E-state index is 6.34. The quantitative estimate of drug-likeness (QED) is 0.171. The molecule has 5 nitrogen and oxygen atoms in total. The first-order valence-electron chi connectivity index (χ1n) is 18.7. The highest BCUT2D eigenvalue weighted by Crippen LogP contribution is 2.39. The molecule has 11 aromatic rings. The monoisotopic (exact) mass is 717 g/mol. The summed E-state index contributed by atoms with van der Waals surface area (Å²) in [5, 5.41) is 5.45. The molecule has 0 fully saturated rings. The molecule has 0 radical (unpaired) electrons. The van der Waals surface area contributed by atoms with Gasteiger partial charge in [-0.15, -0.1) is 0 Å². The minimum atomic E-state index is 0.586. The van der Waals surface area contributed by atoms with Crippen LogP contribution >= 0.6 is 0 Å². The van der Waals surface area contributed by atoms with Crippen LogP contribution in [-0.2, 0) is 0 Å². The van der Waals surface area contributed by atoms with E-state index < -0.39 is 0 Å². The van der Waals surface area contributed by atoms with E-state index in [9.17, 15) is 0 Å². The SMILES string of the molecule is c1ccc(-c2nc(-c3cc(-c4ccc5occc5c4)cc(-c4ccc5c(c4)oc4ccccc45)c3)nc(-c3cccc4c(-c5ccccc5)cccc34)n2)cc1. The molecule has 0 amide bonds. The number of hydrogen-bond acceptors (Lipinski definition) is 5. The van der Waals surface area contributed by atoms with E-state index in [4.69, 9.17) is 23.8 Å². The molecule has 56 heavy (non-hydrogen) atoms. The summed E-state index contributed by atoms with van der Waals surface area (Å²) >= 11 is 0. The molecular formula is C51H31N3O2. The Morgan fingerprint density at radius 1 is 0.304 bits per heavy atom. The highest BCUT2D eigenvalue weighted by molar-refractivity contribution is 6.06. The summed E-state index contributed by atoms with van der Waals surface area (Å²) in [6, 6.07) is 62.9. The number of furan rings is 2. The van der Waals surface area contributed by atoms with Crippen LogP contribution in [0.15, 0.2) is 197 Å². The zero-order valence-corrected chi connectivity index (χ0v) is 30.1. The van der Waals surface area contributed by atoms with E-state index in [1.54, 1.807) is 6.26 Å². The number of hydrogen-bond donors (Lipinski definition) is 0. The van der Waals surface area contributed by atoms with Gasteiger partial charge in [0.05, 0.1) is 6.26 Å². The van der Waals surface area contributed by atoms with Crippen molar-refractivity contribution in [2.24, 2.45) is 0 Å². The Labute approximate surface area is 322 Å². The summed E-state index contributed by atoms with van der Waals surface area (Å²) in [4.78, 5) is 15.6. The average molecular weight is 718 g/mol. The predicted octanol–water partition coefficient (Wildman–Crippen LogP) is 13.7. The van der Waals surface area contributed by atoms with Crippen LogP contribution in [0.25, 0.3) is 111 Å². The predicted molar refractivity (Wildman–Crippen MR) is 227 cm³/mol. The average Bonchev–Trinajstić information content (AvgIpc) is 3.90. The third-order valence-corrected chi connectivity index (χ3v) is 10.6. The van der Waals surface area contributed by atoms with Crippen molar-refractivity contribution in [1.82, 2.24) is 15.0 Å². The first kappa shape index (κ1) is 31.9. The Bertz CT molecular complexity index is 3250. The van der Waals surface area contributed by atoms with Crippen molar-refractivity contribution < 1.29 is 8.83 Å². The molecule has 0 N–H and O–H groups in total. The van der Waals surface area contributed by atoms with Gasteiger partial charge >= 0.3 is 0 Å². The highest BCUT2D eigenvalue weighted by atomic mass is 16.3. The van der Waals surface area contributed by atoms with Gasteiger partial charge in [-0.05, 0) is 98.8 Å². The number of benzene rings is 8. The second-order valence-corrected chi connectivity index (χ2v) is 14.0. The van der Waals surface area contributed by atoms with E-state index in [0.29, 0.717) is 17.5 Å². The van der Waals surface area contributed by atoms with Crippen LogP contribution in [0.1, 0.15) is 0 Å². The largest absolute Gasteiger partial charge is 0.464 e. The summed E-state index contributed by atoms with van der Waals surface area (Å²) < 4.78 is 12.0. The van der Waals surface area contributed by atoms with Crippen LogP contribution < -0.4 is 0 Å². The van der Waals surface area contributed by atoms with Gasteiger partial charge in [-0.3, -0.25) is 0 Å². The van der Waals surface area contributed by atoms with E-state index in [-0.39, 0.29) is 0 Å². The maximum Gasteiger partial charge on any atom is 0.164 e. The Morgan fingerprint density at radius 2 is 0.893 bits per heavy atom. The van der Waals surface area contributed by atoms with Gasteiger partial charge in [-0.25, -0.2) is 15.0 Å². The van der Waals surface area contributed by atoms with Crippen LogP contribution in [0.4, 0.5) is 0 Å². The zero-order valence-electron chi connectivity index (χ0n) is 30.1. The molecule has 3 aromatic heterocycles. The molecule has 11 rings (SSSR count). The molecule has 0 saturated heterocycles. The fourth-order valence-corrected chi connectivity index (χ4v) is 7.86. The smallest absolute Gasteiger partial charge is 0.164 e. The van der Waals surface area contributed by atoms with Gasteiger partial charge in [0.25, 0.3) is 0 Å². The third-order valence-electron chi connectivity index (χ3n) is 10.6. The van der Waals surface area contributed by atoms with Gasteiger partial charge < -0.3 is 8.83 Å². The van der Waals surface area contributed by atoms with E-state index in [2.05, 4.69) is 115 Å². The summed E-state index contributed by atoms with van der Waals surface area (Å²) in [6.45, 7) is 0. The lowest BCUT2D eigenvalue weighted by Gasteiger charge is -2.14. The van der Waals surface area contributed by atoms with Crippen LogP contribution in [0.2, 0.25) is 0 Å². The Hall–Kier alpha value is -7.63. The minimum Gasteiger partial charge on any atom is -0.464 e. The van der Waals surface area contributed by atoms with Crippen molar-refractivity contribution >= 4 is 43.7 Å². The van der Waals surface area contributed by atoms with Crippen LogP contribution in [0, 0.1) is 0 Å². The summed E-state index contributed by atoms with van der Waals surface area (Å²) in [7, 11) is 0. The van der Waals surface area contributed by atoms with Crippen LogP contribution in [0.5, 0.6) is 0 Å². The summed E-state index contributed by atoms with van der Waals surface area (Å²) in [6.07, 6.45) is 1.73. The Balaban J connectivity index is 1.14. The molecule has 0 aliphatic heterocycles. The number of rotatable bonds is 6. The molecule has 0 bridgehead atoms. The lowest BCUT2D eigenvalue weighted by Crippen LogP contribution is -2.01. The number of fused-ring (bicyclic) bond motifs is 5. The summed E-state index contributed by atoms with van der Waals surface area (Å²) in [5.41, 5.74) is 11.8. The molecule has 0 spiro atoms. The second kappa shape index (κ2) is 13.0. The topological polar surface area (TPSA) is 65.0 Å². The fraction of sp³-hybridized carbons (Fsp3) is 0. The van der Waals surface area contributed by atoms with E-state index in [1.807, 2.05) is 66.7 Å². The highest BCUT2D eigenvalue weighted by Gasteiger charge is 2.18. The van der Waals surface area contributed by atoms with Crippen LogP contribution in [0.3, 0.4) is 0 Å². The Morgan fingerprint density at radius 3 is 1.70 bits per heavy atom.